The van der Waals surface area contributed by atoms with Crippen LogP contribution in [0.4, 0.5) is 23.0 Å². The van der Waals surface area contributed by atoms with E-state index in [-0.39, 0.29) is 0 Å². The number of hydrogen-bond acceptors (Lipinski definition) is 13. The second-order valence-electron chi connectivity index (χ2n) is 16.9. The second kappa shape index (κ2) is 55.2. The third-order valence-electron chi connectivity index (χ3n) is 11.3. The molecule has 0 atom stereocenters. The fourth-order valence-corrected chi connectivity index (χ4v) is 6.54. The van der Waals surface area contributed by atoms with Crippen LogP contribution in [0.1, 0.15) is 213 Å². The van der Waals surface area contributed by atoms with Gasteiger partial charge in [0.25, 0.3) is 0 Å². The Morgan fingerprint density at radius 2 is 0.782 bits per heavy atom. The maximum absolute atomic E-state index is 9.90. The number of nitrogen functional groups attached to an aromatic ring is 2. The average Bonchev–Trinajstić information content (AvgIpc) is 3.51. The van der Waals surface area contributed by atoms with Crippen molar-refractivity contribution in [2.45, 2.75) is 228 Å². The van der Waals surface area contributed by atoms with E-state index < -0.39 is 11.2 Å². The number of nitrogens with zero attached hydrogens (tertiary/aromatic N) is 8. The number of nitrogens with two attached hydrogens (primary N) is 2. The van der Waals surface area contributed by atoms with Gasteiger partial charge in [-0.2, -0.15) is 0 Å². The Kier molecular flexibility index (Phi) is 57.7. The summed E-state index contributed by atoms with van der Waals surface area (Å²) in [6.07, 6.45) is 22.4. The number of piperidine rings is 3. The average molecular weight is 1090 g/mol. The lowest BCUT2D eigenvalue weighted by Gasteiger charge is -2.37. The summed E-state index contributed by atoms with van der Waals surface area (Å²) in [4.78, 5) is 30.4. The van der Waals surface area contributed by atoms with Crippen molar-refractivity contribution >= 4 is 36.0 Å². The topological polar surface area (TPSA) is 177 Å². The summed E-state index contributed by atoms with van der Waals surface area (Å²) < 4.78 is 5.60. The molecule has 1 radical (unpaired) electrons. The van der Waals surface area contributed by atoms with Crippen molar-refractivity contribution < 1.29 is 9.76 Å². The fraction of sp³-hybridized carbons (Fsp3) is 0.625. The fourth-order valence-electron chi connectivity index (χ4n) is 6.54. The van der Waals surface area contributed by atoms with Gasteiger partial charge in [-0.25, -0.2) is 9.97 Å². The summed E-state index contributed by atoms with van der Waals surface area (Å²) in [5.41, 5.74) is 17.3. The lowest BCUT2D eigenvalue weighted by Crippen LogP contribution is -2.49. The zero-order chi connectivity index (χ0) is 60.8. The summed E-state index contributed by atoms with van der Waals surface area (Å²) in [5.74, 6) is 2.06. The molecule has 2 aromatic carbocycles. The first kappa shape index (κ1) is 81.7. The van der Waals surface area contributed by atoms with Crippen molar-refractivity contribution in [3.05, 3.63) is 103 Å². The van der Waals surface area contributed by atoms with Gasteiger partial charge < -0.3 is 36.3 Å². The molecule has 13 nitrogen and oxygen atoms in total. The highest BCUT2D eigenvalue weighted by atomic mass is 16.5. The zero-order valence-corrected chi connectivity index (χ0v) is 54.4. The summed E-state index contributed by atoms with van der Waals surface area (Å²) in [6.45, 7) is 52.0. The van der Waals surface area contributed by atoms with E-state index in [4.69, 9.17) is 16.1 Å². The van der Waals surface area contributed by atoms with Crippen LogP contribution in [-0.4, -0.2) is 93.0 Å². The Balaban J connectivity index is -0.000000276. The maximum atomic E-state index is 9.90. The quantitative estimate of drug-likeness (QED) is 0.0895. The van der Waals surface area contributed by atoms with E-state index >= 15 is 0 Å². The van der Waals surface area contributed by atoms with Crippen molar-refractivity contribution in [3.63, 3.8) is 0 Å². The predicted octanol–water partition coefficient (Wildman–Crippen LogP) is 15.6. The first-order chi connectivity index (χ1) is 37.7. The number of anilines is 4. The molecule has 6 heterocycles. The van der Waals surface area contributed by atoms with Gasteiger partial charge in [-0.15, -0.1) is 0 Å². The summed E-state index contributed by atoms with van der Waals surface area (Å²) in [5, 5.41) is 13.2. The number of aryl methyl sites for hydroxylation is 3. The third-order valence-corrected chi connectivity index (χ3v) is 11.3. The molecule has 3 aliphatic heterocycles. The highest BCUT2D eigenvalue weighted by molar-refractivity contribution is 6.47. The Hall–Kier alpha value is -5.18. The number of aromatic nitrogens is 6. The van der Waals surface area contributed by atoms with Crippen molar-refractivity contribution in [2.24, 2.45) is 0 Å². The van der Waals surface area contributed by atoms with Crippen LogP contribution in [-0.2, 0) is 4.65 Å². The first-order valence-corrected chi connectivity index (χ1v) is 30.2. The van der Waals surface area contributed by atoms with Crippen molar-refractivity contribution in [1.29, 1.82) is 0 Å². The molecule has 6 N–H and O–H groups in total. The normalized spacial score (nSPS) is 12.7. The van der Waals surface area contributed by atoms with Crippen LogP contribution < -0.4 is 32.0 Å². The molecule has 8 rings (SSSR count). The Labute approximate surface area is 481 Å². The lowest BCUT2D eigenvalue weighted by atomic mass is 9.82. The molecule has 3 fully saturated rings. The molecular formula is C64H119BN11O2. The van der Waals surface area contributed by atoms with Crippen LogP contribution in [0, 0.1) is 20.8 Å². The number of benzene rings is 2. The van der Waals surface area contributed by atoms with Gasteiger partial charge in [0.2, 0.25) is 0 Å². The predicted molar refractivity (Wildman–Crippen MR) is 347 cm³/mol. The van der Waals surface area contributed by atoms with Crippen LogP contribution in [0.2, 0.25) is 0 Å². The Bertz CT molecular complexity index is 1970. The van der Waals surface area contributed by atoms with E-state index in [1.54, 1.807) is 58.5 Å². The Morgan fingerprint density at radius 1 is 0.449 bits per heavy atom. The Morgan fingerprint density at radius 3 is 1.13 bits per heavy atom. The number of aliphatic hydroxyl groups is 1. The van der Waals surface area contributed by atoms with Gasteiger partial charge in [0, 0.05) is 80.3 Å². The first-order valence-electron chi connectivity index (χ1n) is 30.2. The van der Waals surface area contributed by atoms with Crippen molar-refractivity contribution in [3.8, 4) is 11.3 Å². The van der Waals surface area contributed by atoms with E-state index in [0.717, 1.165) is 83.0 Å². The second-order valence-corrected chi connectivity index (χ2v) is 16.9. The molecule has 0 amide bonds. The molecule has 0 unspecified atom stereocenters. The smallest absolute Gasteiger partial charge is 0.330 e. The summed E-state index contributed by atoms with van der Waals surface area (Å²) in [7, 11) is 1.64. The van der Waals surface area contributed by atoms with Crippen LogP contribution in [0.15, 0.2) is 85.7 Å². The molecule has 0 spiro atoms. The van der Waals surface area contributed by atoms with Gasteiger partial charge in [0.15, 0.2) is 5.82 Å². The van der Waals surface area contributed by atoms with E-state index in [1.807, 2.05) is 194 Å². The van der Waals surface area contributed by atoms with Crippen LogP contribution in [0.3, 0.4) is 0 Å². The largest absolute Gasteiger partial charge is 0.427 e. The molecule has 14 heteroatoms. The van der Waals surface area contributed by atoms with Gasteiger partial charge in [-0.1, -0.05) is 147 Å². The minimum absolute atomic E-state index is 0.644. The number of rotatable bonds is 7. The van der Waals surface area contributed by atoms with Crippen LogP contribution >= 0.6 is 0 Å². The summed E-state index contributed by atoms with van der Waals surface area (Å²) in [6, 6.07) is 15.2. The molecule has 0 saturated carbocycles. The molecule has 0 aliphatic carbocycles. The van der Waals surface area contributed by atoms with Gasteiger partial charge in [0.1, 0.15) is 11.5 Å². The minimum atomic E-state index is -0.905. The van der Waals surface area contributed by atoms with Crippen molar-refractivity contribution in [2.75, 3.05) is 60.5 Å². The van der Waals surface area contributed by atoms with E-state index in [9.17, 15) is 5.11 Å². The third kappa shape index (κ3) is 36.8. The molecule has 78 heavy (non-hydrogen) atoms. The van der Waals surface area contributed by atoms with E-state index in [0.29, 0.717) is 0 Å². The number of nitrogens with one attached hydrogen (secondary N) is 1. The molecular weight excluding hydrogens is 966 g/mol. The SMILES string of the molecule is C1CCNCC1.CC.CC.CC.CC.CC.CC.CC.CC.CC(C)(O)C(C)(C)O[B]c1ccc(N)cc1.Cc1nccnc1C.Cc1nccnc1N1CCCCC1.Nc1ccc(-c2nccnc2N2CCCCC2)cc1. The molecule has 3 aliphatic rings. The lowest BCUT2D eigenvalue weighted by molar-refractivity contribution is -0.0893. The van der Waals surface area contributed by atoms with E-state index in [1.165, 1.54) is 70.9 Å². The van der Waals surface area contributed by atoms with Crippen LogP contribution in [0.5, 0.6) is 0 Å². The maximum Gasteiger partial charge on any atom is 0.330 e. The number of hydrogen-bond donors (Lipinski definition) is 4. The molecule has 3 aromatic heterocycles. The van der Waals surface area contributed by atoms with E-state index in [2.05, 4.69) is 45.0 Å². The highest BCUT2D eigenvalue weighted by Crippen LogP contribution is 2.29. The molecule has 3 saturated heterocycles. The molecule has 445 valence electrons. The summed E-state index contributed by atoms with van der Waals surface area (Å²) >= 11 is 0. The monoisotopic (exact) mass is 1080 g/mol. The van der Waals surface area contributed by atoms with Gasteiger partial charge in [-0.3, -0.25) is 19.9 Å². The highest BCUT2D eigenvalue weighted by Gasteiger charge is 2.35. The van der Waals surface area contributed by atoms with Gasteiger partial charge >= 0.3 is 7.48 Å². The van der Waals surface area contributed by atoms with Crippen LogP contribution in [0.25, 0.3) is 11.3 Å². The standard InChI is InChI=1S/C15H18N4.C12H19BNO2.C10H15N3.C6H8N2.C5H11N.8C2H6/c16-13-6-4-12(5-7-13)14-15(18-9-8-17-14)19-10-2-1-3-11-19;1-11(2,15)12(3,4)16-13-9-5-7-10(14)8-6-9;1-9-10(12-6-5-11-9)13-7-3-2-4-8-13;1-5-6(2)8-4-3-7-5;1-2-4-6-5-3-1;8*1-2/h4-9H,1-3,10-11,16H2;5-8,15H,14H2,1-4H3;5-6H,2-4,7-8H2,1H3;3-4H,1-2H3;6H,1-5H2;8*1-2H3. The molecule has 0 bridgehead atoms. The van der Waals surface area contributed by atoms with Gasteiger partial charge in [-0.05, 0) is 137 Å². The van der Waals surface area contributed by atoms with Crippen molar-refractivity contribution in [1.82, 2.24) is 35.2 Å². The van der Waals surface area contributed by atoms with Gasteiger partial charge in [0.05, 0.1) is 28.3 Å². The zero-order valence-electron chi connectivity index (χ0n) is 54.4. The molecule has 5 aromatic rings. The minimum Gasteiger partial charge on any atom is -0.427 e.